The Bertz CT molecular complexity index is 2780. The summed E-state index contributed by atoms with van der Waals surface area (Å²) >= 11 is 27.0. The number of thiazole rings is 2. The molecule has 2 aromatic heterocycles. The van der Waals surface area contributed by atoms with E-state index in [0.29, 0.717) is 47.7 Å². The third-order valence-corrected chi connectivity index (χ3v) is 17.2. The highest BCUT2D eigenvalue weighted by atomic mass is 35.5. The first-order chi connectivity index (χ1) is 29.6. The Hall–Kier alpha value is -3.82. The van der Waals surface area contributed by atoms with E-state index in [4.69, 9.17) is 60.9 Å². The van der Waals surface area contributed by atoms with Gasteiger partial charge in [-0.1, -0.05) is 52.5 Å². The number of rotatable bonds is 10. The molecule has 6 aromatic rings. The summed E-state index contributed by atoms with van der Waals surface area (Å²) in [6, 6.07) is 17.5. The number of aromatic nitrogens is 2. The molecule has 4 heterocycles. The van der Waals surface area contributed by atoms with Crippen LogP contribution >= 0.6 is 69.1 Å². The third kappa shape index (κ3) is 10.3. The molecule has 62 heavy (non-hydrogen) atoms. The second-order valence-electron chi connectivity index (χ2n) is 13.7. The van der Waals surface area contributed by atoms with E-state index < -0.39 is 31.7 Å². The fraction of sp³-hybridized carbons (Fsp3) is 0.250. The molecular weight excluding hydrogens is 969 g/mol. The van der Waals surface area contributed by atoms with Gasteiger partial charge < -0.3 is 19.3 Å². The highest BCUT2D eigenvalue weighted by Crippen LogP contribution is 2.35. The van der Waals surface area contributed by atoms with Gasteiger partial charge >= 0.3 is 0 Å². The molecule has 12 nitrogen and oxygen atoms in total. The summed E-state index contributed by atoms with van der Waals surface area (Å²) < 4.78 is 91.6. The second kappa shape index (κ2) is 19.5. The van der Waals surface area contributed by atoms with Gasteiger partial charge in [0.15, 0.2) is 10.3 Å². The number of methoxy groups -OCH3 is 2. The minimum absolute atomic E-state index is 0.0856. The minimum atomic E-state index is -3.80. The van der Waals surface area contributed by atoms with Gasteiger partial charge in [0.1, 0.15) is 32.9 Å². The fourth-order valence-corrected chi connectivity index (χ4v) is 12.5. The van der Waals surface area contributed by atoms with Crippen LogP contribution in [0.15, 0.2) is 93.3 Å². The summed E-state index contributed by atoms with van der Waals surface area (Å²) in [6.07, 6.45) is 0. The zero-order valence-electron chi connectivity index (χ0n) is 32.8. The summed E-state index contributed by atoms with van der Waals surface area (Å²) in [5.41, 5.74) is 3.30. The van der Waals surface area contributed by atoms with Crippen LogP contribution in [0.4, 0.5) is 19.0 Å². The standard InChI is InChI=1S/C21H21ClFN3O4S2.C19H15Cl3FN3O2S2/c1-29-16-9-14(10-17(12-16)30-2)19-13-31-21(24-19)25-5-7-26(8-6-25)32(27,28)20-4-3-15(23)11-18(20)22;20-14-3-1-12(9-15(14)21)17-11-29-19(24-17)25-5-7-26(8-6-25)30(27,28)18-4-2-13(23)10-16(18)22/h3-4,9-13H,5-8H2,1-2H3;1-4,9-11H,5-8H2. The first-order valence-corrected chi connectivity index (χ1v) is 24.7. The Morgan fingerprint density at radius 1 is 0.532 bits per heavy atom. The van der Waals surface area contributed by atoms with Crippen molar-refractivity contribution in [3.63, 3.8) is 0 Å². The number of hydrogen-bond acceptors (Lipinski definition) is 12. The van der Waals surface area contributed by atoms with E-state index in [0.717, 1.165) is 57.0 Å². The number of nitrogens with zero attached hydrogens (tertiary/aromatic N) is 6. The second-order valence-corrected chi connectivity index (χ2v) is 20.8. The molecule has 22 heteroatoms. The van der Waals surface area contributed by atoms with E-state index in [2.05, 4.69) is 4.98 Å². The summed E-state index contributed by atoms with van der Waals surface area (Å²) in [5, 5.41) is 6.18. The van der Waals surface area contributed by atoms with Gasteiger partial charge in [-0.25, -0.2) is 35.6 Å². The predicted octanol–water partition coefficient (Wildman–Crippen LogP) is 9.55. The van der Waals surface area contributed by atoms with Gasteiger partial charge in [-0.05, 0) is 60.7 Å². The zero-order chi connectivity index (χ0) is 44.3. The van der Waals surface area contributed by atoms with Gasteiger partial charge in [-0.2, -0.15) is 8.61 Å². The van der Waals surface area contributed by atoms with E-state index in [9.17, 15) is 25.6 Å². The van der Waals surface area contributed by atoms with Crippen molar-refractivity contribution in [1.29, 1.82) is 0 Å². The topological polar surface area (TPSA) is 125 Å². The third-order valence-electron chi connectivity index (χ3n) is 9.89. The van der Waals surface area contributed by atoms with Crippen LogP contribution in [0.2, 0.25) is 20.1 Å². The van der Waals surface area contributed by atoms with Crippen LogP contribution in [-0.4, -0.2) is 102 Å². The lowest BCUT2D eigenvalue weighted by Gasteiger charge is -2.33. The maximum Gasteiger partial charge on any atom is 0.244 e. The van der Waals surface area contributed by atoms with Gasteiger partial charge in [0, 0.05) is 80.3 Å². The molecule has 0 spiro atoms. The van der Waals surface area contributed by atoms with Crippen molar-refractivity contribution in [2.24, 2.45) is 0 Å². The lowest BCUT2D eigenvalue weighted by atomic mass is 10.1. The SMILES string of the molecule is COc1cc(OC)cc(-c2csc(N3CCN(S(=O)(=O)c4ccc(F)cc4Cl)CC3)n2)c1.O=S(=O)(c1ccc(F)cc1Cl)N1CCN(c2nc(-c3ccc(Cl)c(Cl)c3)cs2)CC1. The molecule has 2 fully saturated rings. The van der Waals surface area contributed by atoms with Crippen LogP contribution in [0.1, 0.15) is 0 Å². The van der Waals surface area contributed by atoms with Crippen LogP contribution in [0.3, 0.4) is 0 Å². The molecule has 2 aliphatic heterocycles. The monoisotopic (exact) mass is 1000 g/mol. The Morgan fingerprint density at radius 2 is 0.968 bits per heavy atom. The Morgan fingerprint density at radius 3 is 1.37 bits per heavy atom. The van der Waals surface area contributed by atoms with E-state index in [1.54, 1.807) is 32.4 Å². The molecular formula is C40H36Cl4F2N6O6S4. The number of sulfonamides is 2. The molecule has 0 bridgehead atoms. The van der Waals surface area contributed by atoms with Crippen molar-refractivity contribution in [3.8, 4) is 34.0 Å². The predicted molar refractivity (Wildman–Crippen MR) is 243 cm³/mol. The molecule has 2 aliphatic rings. The van der Waals surface area contributed by atoms with Crippen molar-refractivity contribution >= 4 is 99.4 Å². The van der Waals surface area contributed by atoms with Crippen molar-refractivity contribution in [3.05, 3.63) is 115 Å². The van der Waals surface area contributed by atoms with Crippen molar-refractivity contribution in [2.45, 2.75) is 9.79 Å². The van der Waals surface area contributed by atoms with E-state index in [1.165, 1.54) is 43.4 Å². The van der Waals surface area contributed by atoms with E-state index in [1.807, 2.05) is 38.8 Å². The van der Waals surface area contributed by atoms with Crippen LogP contribution in [0.25, 0.3) is 22.5 Å². The molecule has 0 unspecified atom stereocenters. The largest absolute Gasteiger partial charge is 0.497 e. The number of anilines is 2. The molecule has 4 aromatic carbocycles. The van der Waals surface area contributed by atoms with Crippen molar-refractivity contribution in [1.82, 2.24) is 18.6 Å². The molecule has 0 atom stereocenters. The number of ether oxygens (including phenoxy) is 2. The zero-order valence-corrected chi connectivity index (χ0v) is 39.1. The van der Waals surface area contributed by atoms with Gasteiger partial charge in [-0.15, -0.1) is 22.7 Å². The summed E-state index contributed by atoms with van der Waals surface area (Å²) in [4.78, 5) is 13.3. The average Bonchev–Trinajstić information content (AvgIpc) is 3.96. The summed E-state index contributed by atoms with van der Waals surface area (Å²) in [6.45, 7) is 3.02. The molecule has 0 N–H and O–H groups in total. The average molecular weight is 1000 g/mol. The van der Waals surface area contributed by atoms with Gasteiger partial charge in [-0.3, -0.25) is 0 Å². The van der Waals surface area contributed by atoms with E-state index >= 15 is 0 Å². The maximum atomic E-state index is 13.3. The molecule has 0 aliphatic carbocycles. The molecule has 8 rings (SSSR count). The maximum absolute atomic E-state index is 13.3. The number of hydrogen-bond donors (Lipinski definition) is 0. The Kier molecular flexibility index (Phi) is 14.5. The number of piperazine rings is 2. The Balaban J connectivity index is 0.000000187. The van der Waals surface area contributed by atoms with Gasteiger partial charge in [0.25, 0.3) is 0 Å². The smallest absolute Gasteiger partial charge is 0.244 e. The fourth-order valence-electron chi connectivity index (χ4n) is 6.58. The summed E-state index contributed by atoms with van der Waals surface area (Å²) in [7, 11) is -4.41. The van der Waals surface area contributed by atoms with Crippen LogP contribution in [-0.2, 0) is 20.0 Å². The highest BCUT2D eigenvalue weighted by molar-refractivity contribution is 7.89. The van der Waals surface area contributed by atoms with Crippen molar-refractivity contribution < 1.29 is 35.1 Å². The first kappa shape index (κ1) is 46.2. The van der Waals surface area contributed by atoms with Crippen LogP contribution in [0, 0.1) is 11.6 Å². The first-order valence-electron chi connectivity index (χ1n) is 18.6. The van der Waals surface area contributed by atoms with Gasteiger partial charge in [0.05, 0.1) is 45.7 Å². The lowest BCUT2D eigenvalue weighted by Crippen LogP contribution is -2.48. The minimum Gasteiger partial charge on any atom is -0.497 e. The van der Waals surface area contributed by atoms with E-state index in [-0.39, 0.29) is 46.0 Å². The molecule has 0 radical (unpaired) electrons. The molecule has 0 amide bonds. The lowest BCUT2D eigenvalue weighted by molar-refractivity contribution is 0.384. The quantitative estimate of drug-likeness (QED) is 0.131. The van der Waals surface area contributed by atoms with Crippen LogP contribution < -0.4 is 19.3 Å². The highest BCUT2D eigenvalue weighted by Gasteiger charge is 2.33. The summed E-state index contributed by atoms with van der Waals surface area (Å²) in [5.74, 6) is 0.191. The van der Waals surface area contributed by atoms with Gasteiger partial charge in [0.2, 0.25) is 20.0 Å². The molecule has 2 saturated heterocycles. The number of halogens is 6. The van der Waals surface area contributed by atoms with Crippen molar-refractivity contribution in [2.75, 3.05) is 76.4 Å². The van der Waals surface area contributed by atoms with Crippen LogP contribution in [0.5, 0.6) is 11.5 Å². The molecule has 328 valence electrons. The Labute approximate surface area is 385 Å². The molecule has 0 saturated carbocycles. The normalized spacial score (nSPS) is 15.3. The number of benzene rings is 4.